The highest BCUT2D eigenvalue weighted by atomic mass is 16.6. The predicted octanol–water partition coefficient (Wildman–Crippen LogP) is 1.43. The van der Waals surface area contributed by atoms with Crippen molar-refractivity contribution in [3.63, 3.8) is 0 Å². The molecule has 1 heterocycles. The van der Waals surface area contributed by atoms with Crippen LogP contribution < -0.4 is 44.1 Å². The van der Waals surface area contributed by atoms with Crippen molar-refractivity contribution in [3.05, 3.63) is 40.2 Å². The van der Waals surface area contributed by atoms with Crippen LogP contribution in [0.1, 0.15) is 77.7 Å². The van der Waals surface area contributed by atoms with Gasteiger partial charge in [-0.15, -0.1) is 0 Å². The van der Waals surface area contributed by atoms with Gasteiger partial charge in [0.1, 0.15) is 29.3 Å². The lowest BCUT2D eigenvalue weighted by Gasteiger charge is -2.26. The van der Waals surface area contributed by atoms with Gasteiger partial charge in [0.05, 0.1) is 0 Å². The van der Waals surface area contributed by atoms with Gasteiger partial charge < -0.3 is 47.6 Å². The topological polar surface area (TPSA) is 251 Å². The molecular weight excluding hydrogens is 610 g/mol. The molecule has 0 saturated heterocycles. The quantitative estimate of drug-likeness (QED) is 0.0895. The fourth-order valence-electron chi connectivity index (χ4n) is 4.71. The maximum absolute atomic E-state index is 13.6. The minimum Gasteiger partial charge on any atom is -0.444 e. The Morgan fingerprint density at radius 3 is 1.89 bits per heavy atom. The second kappa shape index (κ2) is 18.6. The Hall–Kier alpha value is -4.50. The lowest BCUT2D eigenvalue weighted by molar-refractivity contribution is -0.132. The summed E-state index contributed by atoms with van der Waals surface area (Å²) >= 11 is 0. The Morgan fingerprint density at radius 2 is 1.36 bits per heavy atom. The molecule has 10 N–H and O–H groups in total. The van der Waals surface area contributed by atoms with E-state index >= 15 is 0 Å². The third-order valence-electron chi connectivity index (χ3n) is 7.07. The number of fused-ring (bicyclic) bond motifs is 1. The summed E-state index contributed by atoms with van der Waals surface area (Å²) < 4.78 is 10.5. The molecule has 2 aromatic rings. The maximum Gasteiger partial charge on any atom is 0.408 e. The zero-order valence-electron chi connectivity index (χ0n) is 27.6. The van der Waals surface area contributed by atoms with Crippen molar-refractivity contribution in [3.8, 4) is 0 Å². The number of ether oxygens (including phenoxy) is 1. The first-order valence-corrected chi connectivity index (χ1v) is 15.8. The first-order chi connectivity index (χ1) is 22.1. The van der Waals surface area contributed by atoms with Crippen LogP contribution >= 0.6 is 0 Å². The van der Waals surface area contributed by atoms with Gasteiger partial charge in [-0.05, 0) is 103 Å². The number of carbonyl (C=O) groups is 5. The number of benzene rings is 1. The SMILES string of the molecule is Cc1cc(=O)oc2cc(NC(=O)[C@H](CCCCN)NC(=O)[C@H](CCCCN)NC(=O)[C@H](CCC(N)=O)NC(=O)OC(C)(C)C)ccc12. The molecule has 47 heavy (non-hydrogen) atoms. The third kappa shape index (κ3) is 13.8. The fraction of sp³-hybridized carbons (Fsp3) is 0.562. The molecule has 0 saturated carbocycles. The number of nitrogens with one attached hydrogen (secondary N) is 4. The van der Waals surface area contributed by atoms with Crippen LogP contribution in [-0.2, 0) is 23.9 Å². The zero-order valence-corrected chi connectivity index (χ0v) is 27.6. The van der Waals surface area contributed by atoms with Gasteiger partial charge in [-0.25, -0.2) is 9.59 Å². The molecule has 0 aliphatic rings. The van der Waals surface area contributed by atoms with Gasteiger partial charge in [0.15, 0.2) is 0 Å². The third-order valence-corrected chi connectivity index (χ3v) is 7.07. The van der Waals surface area contributed by atoms with E-state index in [1.165, 1.54) is 12.1 Å². The van der Waals surface area contributed by atoms with Crippen molar-refractivity contribution in [2.45, 2.75) is 103 Å². The van der Waals surface area contributed by atoms with Crippen LogP contribution in [0.15, 0.2) is 33.5 Å². The molecule has 260 valence electrons. The number of hydrogen-bond acceptors (Lipinski definition) is 10. The van der Waals surface area contributed by atoms with Crippen LogP contribution in [-0.4, -0.2) is 66.5 Å². The van der Waals surface area contributed by atoms with Gasteiger partial charge in [-0.2, -0.15) is 0 Å². The molecule has 15 nitrogen and oxygen atoms in total. The minimum atomic E-state index is -1.23. The summed E-state index contributed by atoms with van der Waals surface area (Å²) in [5, 5.41) is 11.3. The molecule has 1 aromatic carbocycles. The van der Waals surface area contributed by atoms with Crippen LogP contribution in [0.2, 0.25) is 0 Å². The summed E-state index contributed by atoms with van der Waals surface area (Å²) in [5.41, 5.74) is 16.6. The smallest absolute Gasteiger partial charge is 0.408 e. The first kappa shape index (κ1) is 38.7. The highest BCUT2D eigenvalue weighted by Crippen LogP contribution is 2.21. The summed E-state index contributed by atoms with van der Waals surface area (Å²) in [4.78, 5) is 76.2. The van der Waals surface area contributed by atoms with Gasteiger partial charge in [-0.3, -0.25) is 19.2 Å². The van der Waals surface area contributed by atoms with Crippen molar-refractivity contribution >= 4 is 46.4 Å². The van der Waals surface area contributed by atoms with E-state index in [0.29, 0.717) is 55.4 Å². The second-order valence-corrected chi connectivity index (χ2v) is 12.3. The molecule has 0 radical (unpaired) electrons. The number of rotatable bonds is 18. The van der Waals surface area contributed by atoms with E-state index < -0.39 is 59.1 Å². The van der Waals surface area contributed by atoms with E-state index in [9.17, 15) is 28.8 Å². The number of nitrogens with two attached hydrogens (primary N) is 3. The van der Waals surface area contributed by atoms with Gasteiger partial charge in [0, 0.05) is 29.6 Å². The molecule has 0 bridgehead atoms. The van der Waals surface area contributed by atoms with Crippen molar-refractivity contribution in [2.75, 3.05) is 18.4 Å². The molecule has 3 atom stereocenters. The molecule has 1 aromatic heterocycles. The average molecular weight is 660 g/mol. The van der Waals surface area contributed by atoms with Gasteiger partial charge in [-0.1, -0.05) is 0 Å². The Kier molecular flexibility index (Phi) is 15.3. The van der Waals surface area contributed by atoms with Gasteiger partial charge >= 0.3 is 11.7 Å². The number of alkyl carbamates (subject to hydrolysis) is 1. The number of hydrogen-bond donors (Lipinski definition) is 7. The standard InChI is InChI=1S/C32H49N7O8/c1-19-17-27(41)46-25-18-20(11-12-21(19)25)36-28(42)22(9-5-7-15-33)37-29(43)23(10-6-8-16-34)38-30(44)24(13-14-26(35)40)39-31(45)47-32(2,3)4/h11-12,17-18,22-24H,5-10,13-16,33-34H2,1-4H3,(H2,35,40)(H,36,42)(H,37,43)(H,38,44)(H,39,45)/t22-,23-,24-/m0/s1. The second-order valence-electron chi connectivity index (χ2n) is 12.3. The lowest BCUT2D eigenvalue weighted by atomic mass is 10.0. The number of amides is 5. The van der Waals surface area contributed by atoms with E-state index in [-0.39, 0.29) is 25.7 Å². The van der Waals surface area contributed by atoms with Crippen LogP contribution in [0, 0.1) is 6.92 Å². The van der Waals surface area contributed by atoms with Crippen LogP contribution in [0.4, 0.5) is 10.5 Å². The number of anilines is 1. The summed E-state index contributed by atoms with van der Waals surface area (Å²) in [5.74, 6) is -2.57. The van der Waals surface area contributed by atoms with E-state index in [0.717, 1.165) is 5.56 Å². The Balaban J connectivity index is 2.27. The molecule has 5 amide bonds. The van der Waals surface area contributed by atoms with Crippen LogP contribution in [0.25, 0.3) is 11.0 Å². The summed E-state index contributed by atoms with van der Waals surface area (Å²) in [6.07, 6.45) is 1.39. The average Bonchev–Trinajstić information content (AvgIpc) is 2.96. The monoisotopic (exact) mass is 659 g/mol. The van der Waals surface area contributed by atoms with Crippen molar-refractivity contribution in [2.24, 2.45) is 17.2 Å². The summed E-state index contributed by atoms with van der Waals surface area (Å²) in [7, 11) is 0. The Morgan fingerprint density at radius 1 is 0.809 bits per heavy atom. The molecule has 2 rings (SSSR count). The van der Waals surface area contributed by atoms with Crippen molar-refractivity contribution in [1.82, 2.24) is 16.0 Å². The summed E-state index contributed by atoms with van der Waals surface area (Å²) in [6.45, 7) is 7.49. The fourth-order valence-corrected chi connectivity index (χ4v) is 4.71. The maximum atomic E-state index is 13.6. The van der Waals surface area contributed by atoms with E-state index in [1.807, 2.05) is 0 Å². The van der Waals surface area contributed by atoms with Gasteiger partial charge in [0.25, 0.3) is 0 Å². The Bertz CT molecular complexity index is 1450. The zero-order chi connectivity index (χ0) is 35.1. The highest BCUT2D eigenvalue weighted by molar-refractivity contribution is 6.00. The molecular formula is C32H49N7O8. The number of primary amides is 1. The number of aryl methyl sites for hydroxylation is 1. The Labute approximate surface area is 274 Å². The van der Waals surface area contributed by atoms with E-state index in [2.05, 4.69) is 21.3 Å². The van der Waals surface area contributed by atoms with Gasteiger partial charge in [0.2, 0.25) is 23.6 Å². The van der Waals surface area contributed by atoms with Crippen molar-refractivity contribution in [1.29, 1.82) is 0 Å². The van der Waals surface area contributed by atoms with Crippen LogP contribution in [0.3, 0.4) is 0 Å². The van der Waals surface area contributed by atoms with Crippen molar-refractivity contribution < 1.29 is 33.1 Å². The molecule has 0 fully saturated rings. The summed E-state index contributed by atoms with van der Waals surface area (Å²) in [6, 6.07) is 2.93. The molecule has 0 aliphatic heterocycles. The molecule has 0 unspecified atom stereocenters. The number of unbranched alkanes of at least 4 members (excludes halogenated alkanes) is 2. The van der Waals surface area contributed by atoms with E-state index in [1.54, 1.807) is 39.8 Å². The predicted molar refractivity (Wildman–Crippen MR) is 177 cm³/mol. The highest BCUT2D eigenvalue weighted by Gasteiger charge is 2.30. The molecule has 0 aliphatic carbocycles. The normalized spacial score (nSPS) is 13.2. The lowest BCUT2D eigenvalue weighted by Crippen LogP contribution is -2.56. The van der Waals surface area contributed by atoms with Crippen LogP contribution in [0.5, 0.6) is 0 Å². The minimum absolute atomic E-state index is 0.132. The van der Waals surface area contributed by atoms with E-state index in [4.69, 9.17) is 26.4 Å². The molecule has 15 heteroatoms. The molecule has 0 spiro atoms. The largest absolute Gasteiger partial charge is 0.444 e. The number of carbonyl (C=O) groups excluding carboxylic acids is 5. The first-order valence-electron chi connectivity index (χ1n) is 15.8.